The van der Waals surface area contributed by atoms with E-state index in [4.69, 9.17) is 16.0 Å². The zero-order valence-corrected chi connectivity index (χ0v) is 15.4. The van der Waals surface area contributed by atoms with Crippen LogP contribution in [0.5, 0.6) is 0 Å². The van der Waals surface area contributed by atoms with Gasteiger partial charge >= 0.3 is 0 Å². The van der Waals surface area contributed by atoms with E-state index in [1.807, 2.05) is 30.3 Å². The van der Waals surface area contributed by atoms with Crippen LogP contribution in [0, 0.1) is 0 Å². The highest BCUT2D eigenvalue weighted by atomic mass is 35.5. The normalized spacial score (nSPS) is 15.4. The predicted molar refractivity (Wildman–Crippen MR) is 98.2 cm³/mol. The van der Waals surface area contributed by atoms with Crippen molar-refractivity contribution in [2.75, 3.05) is 13.1 Å². The molecule has 2 heterocycles. The molecule has 134 valence electrons. The van der Waals surface area contributed by atoms with Gasteiger partial charge in [-0.05, 0) is 43.2 Å². The Balaban J connectivity index is 1.73. The lowest BCUT2D eigenvalue weighted by Gasteiger charge is -2.16. The van der Waals surface area contributed by atoms with Crippen LogP contribution in [0.2, 0.25) is 5.02 Å². The Hall–Kier alpha value is -2.22. The van der Waals surface area contributed by atoms with Gasteiger partial charge < -0.3 is 4.42 Å². The highest BCUT2D eigenvalue weighted by Gasteiger charge is 2.28. The number of hydrogen-bond acceptors (Lipinski definition) is 5. The molecule has 0 atom stereocenters. The number of hydrogen-bond donors (Lipinski definition) is 0. The molecule has 0 aliphatic carbocycles. The monoisotopic (exact) mass is 389 g/mol. The van der Waals surface area contributed by atoms with E-state index in [9.17, 15) is 8.42 Å². The van der Waals surface area contributed by atoms with Gasteiger partial charge in [-0.2, -0.15) is 4.31 Å². The number of sulfonamides is 1. The van der Waals surface area contributed by atoms with Crippen molar-refractivity contribution in [1.29, 1.82) is 0 Å². The average Bonchev–Trinajstić information content (AvgIpc) is 3.35. The van der Waals surface area contributed by atoms with Gasteiger partial charge in [0.25, 0.3) is 0 Å². The molecule has 0 amide bonds. The second-order valence-corrected chi connectivity index (χ2v) is 8.38. The molecule has 1 aliphatic rings. The summed E-state index contributed by atoms with van der Waals surface area (Å²) in [5.41, 5.74) is 1.19. The maximum Gasteiger partial charge on any atom is 0.249 e. The predicted octanol–water partition coefficient (Wildman–Crippen LogP) is 3.84. The molecule has 2 aromatic carbocycles. The molecule has 0 bridgehead atoms. The summed E-state index contributed by atoms with van der Waals surface area (Å²) < 4.78 is 32.7. The molecule has 0 spiro atoms. The van der Waals surface area contributed by atoms with Crippen molar-refractivity contribution in [1.82, 2.24) is 14.5 Å². The fourth-order valence-corrected chi connectivity index (χ4v) is 4.68. The van der Waals surface area contributed by atoms with E-state index in [0.717, 1.165) is 18.4 Å². The van der Waals surface area contributed by atoms with Crippen LogP contribution in [-0.4, -0.2) is 36.0 Å². The van der Waals surface area contributed by atoms with Crippen molar-refractivity contribution in [3.63, 3.8) is 0 Å². The van der Waals surface area contributed by atoms with E-state index in [1.165, 1.54) is 16.4 Å². The summed E-state index contributed by atoms with van der Waals surface area (Å²) in [6.45, 7) is 1.08. The highest BCUT2D eigenvalue weighted by Crippen LogP contribution is 2.32. The largest absolute Gasteiger partial charge is 0.416 e. The molecule has 1 aliphatic heterocycles. The first kappa shape index (κ1) is 17.2. The van der Waals surface area contributed by atoms with E-state index in [1.54, 1.807) is 6.07 Å². The van der Waals surface area contributed by atoms with Crippen LogP contribution in [-0.2, 0) is 10.0 Å². The fraction of sp³-hybridized carbons (Fsp3) is 0.222. The van der Waals surface area contributed by atoms with Crippen LogP contribution < -0.4 is 0 Å². The Morgan fingerprint density at radius 3 is 2.38 bits per heavy atom. The maximum absolute atomic E-state index is 12.8. The molecule has 1 fully saturated rings. The summed E-state index contributed by atoms with van der Waals surface area (Å²) in [5, 5.41) is 8.43. The number of halogens is 1. The van der Waals surface area contributed by atoms with Crippen LogP contribution in [0.15, 0.2) is 57.8 Å². The summed E-state index contributed by atoms with van der Waals surface area (Å²) in [4.78, 5) is 0.179. The number of benzene rings is 2. The molecule has 3 aromatic rings. The molecule has 1 saturated heterocycles. The van der Waals surface area contributed by atoms with Gasteiger partial charge in [-0.1, -0.05) is 29.8 Å². The van der Waals surface area contributed by atoms with Crippen molar-refractivity contribution in [3.8, 4) is 22.9 Å². The fourth-order valence-electron chi connectivity index (χ4n) is 2.94. The topological polar surface area (TPSA) is 76.3 Å². The van der Waals surface area contributed by atoms with Crippen LogP contribution in [0.25, 0.3) is 22.9 Å². The van der Waals surface area contributed by atoms with Gasteiger partial charge in [0.05, 0.1) is 15.5 Å². The van der Waals surface area contributed by atoms with Crippen LogP contribution in [0.4, 0.5) is 0 Å². The second kappa shape index (κ2) is 6.83. The zero-order chi connectivity index (χ0) is 18.1. The average molecular weight is 390 g/mol. The quantitative estimate of drug-likeness (QED) is 0.677. The molecule has 0 saturated carbocycles. The molecule has 0 N–H and O–H groups in total. The van der Waals surface area contributed by atoms with Gasteiger partial charge in [-0.15, -0.1) is 10.2 Å². The van der Waals surface area contributed by atoms with Crippen molar-refractivity contribution < 1.29 is 12.8 Å². The summed E-state index contributed by atoms with van der Waals surface area (Å²) in [6, 6.07) is 13.9. The van der Waals surface area contributed by atoms with E-state index in [2.05, 4.69) is 10.2 Å². The Morgan fingerprint density at radius 1 is 0.962 bits per heavy atom. The Labute approximate surface area is 156 Å². The third-order valence-electron chi connectivity index (χ3n) is 4.32. The van der Waals surface area contributed by atoms with E-state index >= 15 is 0 Å². The zero-order valence-electron chi connectivity index (χ0n) is 13.8. The Bertz CT molecular complexity index is 1030. The first-order valence-electron chi connectivity index (χ1n) is 8.25. The molecule has 6 nitrogen and oxygen atoms in total. The minimum Gasteiger partial charge on any atom is -0.416 e. The number of rotatable bonds is 4. The van der Waals surface area contributed by atoms with Crippen LogP contribution in [0.3, 0.4) is 0 Å². The van der Waals surface area contributed by atoms with Gasteiger partial charge in [-0.25, -0.2) is 8.42 Å². The molecule has 0 unspecified atom stereocenters. The molecule has 26 heavy (non-hydrogen) atoms. The minimum absolute atomic E-state index is 0.179. The first-order valence-corrected chi connectivity index (χ1v) is 10.1. The van der Waals surface area contributed by atoms with E-state index in [0.29, 0.717) is 29.6 Å². The summed E-state index contributed by atoms with van der Waals surface area (Å²) in [7, 11) is -3.55. The third-order valence-corrected chi connectivity index (χ3v) is 6.54. The van der Waals surface area contributed by atoms with Crippen LogP contribution in [0.1, 0.15) is 12.8 Å². The summed E-state index contributed by atoms with van der Waals surface area (Å²) >= 11 is 6.26. The van der Waals surface area contributed by atoms with Gasteiger partial charge in [-0.3, -0.25) is 0 Å². The molecular weight excluding hydrogens is 374 g/mol. The Morgan fingerprint density at radius 2 is 1.65 bits per heavy atom. The van der Waals surface area contributed by atoms with Crippen molar-refractivity contribution >= 4 is 21.6 Å². The number of aromatic nitrogens is 2. The highest BCUT2D eigenvalue weighted by molar-refractivity contribution is 7.89. The molecule has 4 rings (SSSR count). The van der Waals surface area contributed by atoms with Gasteiger partial charge in [0, 0.05) is 18.7 Å². The van der Waals surface area contributed by atoms with Gasteiger partial charge in [0.2, 0.25) is 21.8 Å². The van der Waals surface area contributed by atoms with E-state index in [-0.39, 0.29) is 10.8 Å². The van der Waals surface area contributed by atoms with Crippen molar-refractivity contribution in [2.45, 2.75) is 17.7 Å². The SMILES string of the molecule is O=S(=O)(c1ccc(Cl)c(-c2nnc(-c3ccccc3)o2)c1)N1CCCC1. The minimum atomic E-state index is -3.55. The lowest BCUT2D eigenvalue weighted by molar-refractivity contribution is 0.477. The summed E-state index contributed by atoms with van der Waals surface area (Å²) in [5.74, 6) is 0.539. The van der Waals surface area contributed by atoms with Crippen LogP contribution >= 0.6 is 11.6 Å². The lowest BCUT2D eigenvalue weighted by atomic mass is 10.2. The van der Waals surface area contributed by atoms with Gasteiger partial charge in [0.1, 0.15) is 0 Å². The van der Waals surface area contributed by atoms with Crippen molar-refractivity contribution in [2.24, 2.45) is 0 Å². The third kappa shape index (κ3) is 3.13. The Kier molecular flexibility index (Phi) is 4.52. The smallest absolute Gasteiger partial charge is 0.249 e. The van der Waals surface area contributed by atoms with Crippen molar-refractivity contribution in [3.05, 3.63) is 53.6 Å². The number of nitrogens with zero attached hydrogens (tertiary/aromatic N) is 3. The molecule has 0 radical (unpaired) electrons. The lowest BCUT2D eigenvalue weighted by Crippen LogP contribution is -2.27. The standard InChI is InChI=1S/C18H16ClN3O3S/c19-16-9-8-14(26(23,24)22-10-4-5-11-22)12-15(16)18-21-20-17(25-18)13-6-2-1-3-7-13/h1-3,6-9,12H,4-5,10-11H2. The maximum atomic E-state index is 12.8. The molecule has 1 aromatic heterocycles. The molecule has 8 heteroatoms. The first-order chi connectivity index (χ1) is 12.6. The van der Waals surface area contributed by atoms with E-state index < -0.39 is 10.0 Å². The second-order valence-electron chi connectivity index (χ2n) is 6.03. The molecular formula is C18H16ClN3O3S. The summed E-state index contributed by atoms with van der Waals surface area (Å²) in [6.07, 6.45) is 1.76. The van der Waals surface area contributed by atoms with Gasteiger partial charge in [0.15, 0.2) is 0 Å².